The second-order valence-electron chi connectivity index (χ2n) is 5.75. The molecule has 19 heavy (non-hydrogen) atoms. The summed E-state index contributed by atoms with van der Waals surface area (Å²) in [6.45, 7) is 7.84. The average molecular weight is 391 g/mol. The smallest absolute Gasteiger partial charge is 0.134 e. The van der Waals surface area contributed by atoms with Gasteiger partial charge in [0.1, 0.15) is 11.9 Å². The van der Waals surface area contributed by atoms with Crippen LogP contribution in [0, 0.1) is 5.41 Å². The molecule has 2 atom stereocenters. The zero-order valence-electron chi connectivity index (χ0n) is 11.7. The molecule has 0 radical (unpaired) electrons. The van der Waals surface area contributed by atoms with Gasteiger partial charge in [-0.1, -0.05) is 36.7 Å². The molecule has 1 saturated carbocycles. The third kappa shape index (κ3) is 3.34. The fourth-order valence-electron chi connectivity index (χ4n) is 2.47. The van der Waals surface area contributed by atoms with Crippen LogP contribution in [-0.4, -0.2) is 18.7 Å². The normalized spacial score (nSPS) is 24.9. The van der Waals surface area contributed by atoms with E-state index >= 15 is 0 Å². The van der Waals surface area contributed by atoms with Crippen molar-refractivity contribution >= 4 is 31.9 Å². The van der Waals surface area contributed by atoms with Crippen LogP contribution in [0.1, 0.15) is 33.6 Å². The number of nitrogens with one attached hydrogen (secondary N) is 1. The lowest BCUT2D eigenvalue weighted by atomic mass is 9.64. The summed E-state index contributed by atoms with van der Waals surface area (Å²) in [7, 11) is 0. The molecule has 1 N–H and O–H groups in total. The van der Waals surface area contributed by atoms with E-state index in [9.17, 15) is 0 Å². The molecule has 2 nitrogen and oxygen atoms in total. The minimum absolute atomic E-state index is 0.182. The minimum Gasteiger partial charge on any atom is -0.489 e. The van der Waals surface area contributed by atoms with Crippen LogP contribution in [0.2, 0.25) is 0 Å². The molecule has 0 bridgehead atoms. The maximum absolute atomic E-state index is 6.15. The topological polar surface area (TPSA) is 21.3 Å². The van der Waals surface area contributed by atoms with E-state index in [2.05, 4.69) is 57.9 Å². The summed E-state index contributed by atoms with van der Waals surface area (Å²) in [6, 6.07) is 6.61. The van der Waals surface area contributed by atoms with Crippen LogP contribution in [0.4, 0.5) is 0 Å². The Balaban J connectivity index is 1.98. The highest BCUT2D eigenvalue weighted by Crippen LogP contribution is 2.44. The van der Waals surface area contributed by atoms with Gasteiger partial charge in [0, 0.05) is 22.4 Å². The van der Waals surface area contributed by atoms with Gasteiger partial charge >= 0.3 is 0 Å². The lowest BCUT2D eigenvalue weighted by Gasteiger charge is -2.51. The van der Waals surface area contributed by atoms with Crippen LogP contribution >= 0.6 is 31.9 Å². The van der Waals surface area contributed by atoms with Crippen molar-refractivity contribution in [2.75, 3.05) is 6.54 Å². The van der Waals surface area contributed by atoms with Gasteiger partial charge in [-0.05, 0) is 47.1 Å². The largest absolute Gasteiger partial charge is 0.489 e. The Morgan fingerprint density at radius 2 is 2.11 bits per heavy atom. The summed E-state index contributed by atoms with van der Waals surface area (Å²) in [4.78, 5) is 0. The van der Waals surface area contributed by atoms with Crippen molar-refractivity contribution in [1.82, 2.24) is 5.32 Å². The maximum atomic E-state index is 6.15. The Bertz CT molecular complexity index is 448. The van der Waals surface area contributed by atoms with Crippen molar-refractivity contribution < 1.29 is 4.74 Å². The molecular formula is C15H21Br2NO. The first-order chi connectivity index (χ1) is 8.95. The minimum atomic E-state index is 0.182. The Kier molecular flexibility index (Phi) is 4.96. The highest BCUT2D eigenvalue weighted by molar-refractivity contribution is 9.11. The highest BCUT2D eigenvalue weighted by atomic mass is 79.9. The molecule has 0 saturated heterocycles. The third-order valence-electron chi connectivity index (χ3n) is 3.98. The second-order valence-corrected chi connectivity index (χ2v) is 7.52. The molecule has 0 amide bonds. The molecule has 1 aromatic carbocycles. The summed E-state index contributed by atoms with van der Waals surface area (Å²) in [6.07, 6.45) is 2.53. The number of ether oxygens (including phenoxy) is 1. The van der Waals surface area contributed by atoms with E-state index in [4.69, 9.17) is 4.74 Å². The summed E-state index contributed by atoms with van der Waals surface area (Å²) < 4.78 is 8.21. The average Bonchev–Trinajstić information content (AvgIpc) is 2.35. The van der Waals surface area contributed by atoms with Crippen LogP contribution in [0.5, 0.6) is 5.75 Å². The predicted octanol–water partition coefficient (Wildman–Crippen LogP) is 4.76. The van der Waals surface area contributed by atoms with E-state index < -0.39 is 0 Å². The highest BCUT2D eigenvalue weighted by Gasteiger charge is 2.49. The number of rotatable bonds is 5. The summed E-state index contributed by atoms with van der Waals surface area (Å²) in [5, 5.41) is 3.60. The predicted molar refractivity (Wildman–Crippen MR) is 86.7 cm³/mol. The van der Waals surface area contributed by atoms with E-state index in [-0.39, 0.29) is 11.5 Å². The van der Waals surface area contributed by atoms with E-state index in [1.165, 1.54) is 6.42 Å². The van der Waals surface area contributed by atoms with Gasteiger partial charge in [0.2, 0.25) is 0 Å². The molecular weight excluding hydrogens is 370 g/mol. The zero-order chi connectivity index (χ0) is 14.0. The van der Waals surface area contributed by atoms with Gasteiger partial charge in [-0.2, -0.15) is 0 Å². The Labute approximate surface area is 132 Å². The van der Waals surface area contributed by atoms with Gasteiger partial charge in [-0.3, -0.25) is 0 Å². The second kappa shape index (κ2) is 6.15. The van der Waals surface area contributed by atoms with E-state index in [0.717, 1.165) is 27.7 Å². The van der Waals surface area contributed by atoms with Crippen molar-refractivity contribution in [3.05, 3.63) is 27.1 Å². The Hall–Kier alpha value is -0.0600. The van der Waals surface area contributed by atoms with Crippen molar-refractivity contribution in [3.8, 4) is 5.75 Å². The van der Waals surface area contributed by atoms with E-state index in [1.54, 1.807) is 0 Å². The molecule has 0 aromatic heterocycles. The van der Waals surface area contributed by atoms with Crippen LogP contribution < -0.4 is 10.1 Å². The molecule has 106 valence electrons. The maximum Gasteiger partial charge on any atom is 0.134 e. The molecule has 1 fully saturated rings. The summed E-state index contributed by atoms with van der Waals surface area (Å²) >= 11 is 7.01. The Morgan fingerprint density at radius 3 is 2.68 bits per heavy atom. The molecule has 0 spiro atoms. The quantitative estimate of drug-likeness (QED) is 0.782. The van der Waals surface area contributed by atoms with Crippen LogP contribution in [0.15, 0.2) is 27.1 Å². The first kappa shape index (κ1) is 15.3. The number of halogens is 2. The van der Waals surface area contributed by atoms with Crippen molar-refractivity contribution in [3.63, 3.8) is 0 Å². The van der Waals surface area contributed by atoms with Crippen LogP contribution in [-0.2, 0) is 0 Å². The van der Waals surface area contributed by atoms with Crippen molar-refractivity contribution in [1.29, 1.82) is 0 Å². The molecule has 4 heteroatoms. The number of benzene rings is 1. The molecule has 1 aliphatic rings. The number of hydrogen-bond acceptors (Lipinski definition) is 2. The molecule has 2 rings (SSSR count). The number of hydrogen-bond donors (Lipinski definition) is 1. The fourth-order valence-corrected chi connectivity index (χ4v) is 3.61. The molecule has 0 heterocycles. The molecule has 1 aliphatic carbocycles. The van der Waals surface area contributed by atoms with Gasteiger partial charge in [-0.15, -0.1) is 0 Å². The third-order valence-corrected chi connectivity index (χ3v) is 5.09. The van der Waals surface area contributed by atoms with Crippen LogP contribution in [0.25, 0.3) is 0 Å². The SMILES string of the molecule is CCCNC1CC(Oc2ccc(Br)cc2Br)C1(C)C. The summed E-state index contributed by atoms with van der Waals surface area (Å²) in [5.74, 6) is 0.926. The van der Waals surface area contributed by atoms with Gasteiger partial charge in [0.25, 0.3) is 0 Å². The van der Waals surface area contributed by atoms with Gasteiger partial charge in [0.15, 0.2) is 0 Å². The molecule has 0 aliphatic heterocycles. The first-order valence-electron chi connectivity index (χ1n) is 6.80. The first-order valence-corrected chi connectivity index (χ1v) is 8.39. The zero-order valence-corrected chi connectivity index (χ0v) is 14.8. The Morgan fingerprint density at radius 1 is 1.37 bits per heavy atom. The van der Waals surface area contributed by atoms with Gasteiger partial charge in [-0.25, -0.2) is 0 Å². The molecule has 2 unspecified atom stereocenters. The monoisotopic (exact) mass is 389 g/mol. The van der Waals surface area contributed by atoms with Crippen molar-refractivity contribution in [2.45, 2.75) is 45.8 Å². The standard InChI is InChI=1S/C15H21Br2NO/c1-4-7-18-13-9-14(15(13,2)3)19-12-6-5-10(16)8-11(12)17/h5-6,8,13-14,18H,4,7,9H2,1-3H3. The van der Waals surface area contributed by atoms with Crippen molar-refractivity contribution in [2.24, 2.45) is 5.41 Å². The van der Waals surface area contributed by atoms with E-state index in [0.29, 0.717) is 6.04 Å². The fraction of sp³-hybridized carbons (Fsp3) is 0.600. The van der Waals surface area contributed by atoms with Gasteiger partial charge < -0.3 is 10.1 Å². The lowest BCUT2D eigenvalue weighted by Crippen LogP contribution is -2.62. The lowest BCUT2D eigenvalue weighted by molar-refractivity contribution is -0.0549. The molecule has 1 aromatic rings. The van der Waals surface area contributed by atoms with Gasteiger partial charge in [0.05, 0.1) is 4.47 Å². The summed E-state index contributed by atoms with van der Waals surface area (Å²) in [5.41, 5.74) is 0.182. The van der Waals surface area contributed by atoms with Crippen LogP contribution in [0.3, 0.4) is 0 Å². The van der Waals surface area contributed by atoms with E-state index in [1.807, 2.05) is 18.2 Å².